The van der Waals surface area contributed by atoms with Crippen LogP contribution in [0.3, 0.4) is 0 Å². The Morgan fingerprint density at radius 2 is 1.79 bits per heavy atom. The lowest BCUT2D eigenvalue weighted by Crippen LogP contribution is -2.52. The number of carboxylic acid groups (broad SMARTS) is 1. The van der Waals surface area contributed by atoms with E-state index < -0.39 is 24.3 Å². The van der Waals surface area contributed by atoms with Gasteiger partial charge in [-0.15, -0.1) is 0 Å². The Kier molecular flexibility index (Phi) is 10.1. The molecule has 1 aliphatic rings. The normalized spacial score (nSPS) is 12.9. The van der Waals surface area contributed by atoms with Crippen LogP contribution in [0.4, 0.5) is 4.72 Å². The van der Waals surface area contributed by atoms with Crippen LogP contribution in [0, 0.1) is 5.41 Å². The van der Waals surface area contributed by atoms with Crippen molar-refractivity contribution in [3.8, 4) is 5.75 Å². The van der Waals surface area contributed by atoms with Crippen molar-refractivity contribution in [1.82, 2.24) is 10.2 Å². The number of nitrogens with two attached hydrogens (primary N) is 1. The van der Waals surface area contributed by atoms with Gasteiger partial charge in [-0.3, -0.25) is 24.5 Å². The van der Waals surface area contributed by atoms with Gasteiger partial charge in [0.1, 0.15) is 24.2 Å². The number of nitrogens with one attached hydrogen (secondary N) is 2. The van der Waals surface area contributed by atoms with E-state index in [9.17, 15) is 19.5 Å². The van der Waals surface area contributed by atoms with Crippen molar-refractivity contribution >= 4 is 23.6 Å². The Morgan fingerprint density at radius 1 is 1.10 bits per heavy atom. The number of amides is 2. The van der Waals surface area contributed by atoms with E-state index in [1.54, 1.807) is 30.3 Å². The molecule has 0 saturated heterocycles. The molecule has 10 heteroatoms. The molecular weight excluding hydrogens is 503 g/mol. The quantitative estimate of drug-likeness (QED) is 0.230. The number of carboxylic acids is 1. The molecule has 4 rings (SSSR count). The number of hydrogen-bond donors (Lipinski definition) is 4. The van der Waals surface area contributed by atoms with E-state index in [0.717, 1.165) is 16.7 Å². The highest BCUT2D eigenvalue weighted by Crippen LogP contribution is 2.26. The minimum Gasteiger partial charge on any atom is -0.489 e. The lowest BCUT2D eigenvalue weighted by atomic mass is 9.96. The Balaban J connectivity index is 0.00000183. The van der Waals surface area contributed by atoms with Crippen LogP contribution in [-0.2, 0) is 29.2 Å². The third-order valence-electron chi connectivity index (χ3n) is 6.22. The molecule has 0 aliphatic carbocycles. The Morgan fingerprint density at radius 3 is 2.44 bits per heavy atom. The SMILES string of the molecule is C.N=C(N)c1ccc(COc2ccc3c(c2)CCN(C(CC(=O)O)C(=O)NCc2ccccc2)C3=O)cc1.[3H]F. The number of rotatable bonds is 10. The average molecular weight is 539 g/mol. The van der Waals surface area contributed by atoms with E-state index in [0.29, 0.717) is 29.9 Å². The van der Waals surface area contributed by atoms with Crippen LogP contribution in [0.15, 0.2) is 72.8 Å². The zero-order chi connectivity index (χ0) is 28.4. The maximum atomic E-state index is 13.3. The fraction of sp³-hybridized carbons (Fsp3) is 0.241. The summed E-state index contributed by atoms with van der Waals surface area (Å²) in [5, 5.41) is 19.6. The summed E-state index contributed by atoms with van der Waals surface area (Å²) in [7, 11) is 0. The monoisotopic (exact) mass is 538 g/mol. The minimum absolute atomic E-state index is 0. The minimum atomic E-state index is -1.15. The third-order valence-corrected chi connectivity index (χ3v) is 6.22. The summed E-state index contributed by atoms with van der Waals surface area (Å²) in [6.07, 6.45) is -0.0149. The number of halogens is 1. The highest BCUT2D eigenvalue weighted by atomic mass is 19.0. The number of carbonyl (C=O) groups is 3. The fourth-order valence-electron chi connectivity index (χ4n) is 4.23. The number of carbonyl (C=O) groups excluding carboxylic acids is 2. The molecule has 5 N–H and O–H groups in total. The van der Waals surface area contributed by atoms with Gasteiger partial charge < -0.3 is 25.8 Å². The second kappa shape index (κ2) is 13.7. The van der Waals surface area contributed by atoms with Gasteiger partial charge in [-0.25, -0.2) is 0 Å². The van der Waals surface area contributed by atoms with Crippen molar-refractivity contribution in [3.05, 3.63) is 101 Å². The molecule has 0 spiro atoms. The van der Waals surface area contributed by atoms with Crippen molar-refractivity contribution in [2.24, 2.45) is 5.73 Å². The average Bonchev–Trinajstić information content (AvgIpc) is 2.95. The summed E-state index contributed by atoms with van der Waals surface area (Å²) >= 11 is 0. The van der Waals surface area contributed by atoms with E-state index in [2.05, 4.69) is 6.77 Å². The molecule has 1 atom stereocenters. The number of nitrogen functional groups attached to an aromatic ring is 1. The van der Waals surface area contributed by atoms with E-state index in [1.165, 1.54) is 4.90 Å². The second-order valence-electron chi connectivity index (χ2n) is 8.78. The molecule has 1 unspecified atom stereocenters. The standard InChI is InChI=1S/C28H28N4O5.CH4.FH/c29-26(30)20-8-6-19(7-9-20)17-37-22-10-11-23-21(14-22)12-13-32(28(23)36)24(15-25(33)34)27(35)31-16-18-4-2-1-3-5-18;;/h1-11,14,24H,12-13,15-17H2,(H3,29,30)(H,31,35)(H,33,34);1H4;1H/i/hT. The van der Waals surface area contributed by atoms with Gasteiger partial charge in [-0.1, -0.05) is 62.0 Å². The van der Waals surface area contributed by atoms with Crippen molar-refractivity contribution in [1.29, 1.82) is 6.86 Å². The van der Waals surface area contributed by atoms with E-state index in [4.69, 9.17) is 20.6 Å². The summed E-state index contributed by atoms with van der Waals surface area (Å²) in [5.74, 6) is -1.44. The van der Waals surface area contributed by atoms with Crippen LogP contribution < -0.4 is 15.8 Å². The maximum absolute atomic E-state index is 13.3. The molecule has 3 aromatic rings. The molecule has 39 heavy (non-hydrogen) atoms. The number of fused-ring (bicyclic) bond motifs is 1. The smallest absolute Gasteiger partial charge is 0.305 e. The fourth-order valence-corrected chi connectivity index (χ4v) is 4.23. The molecule has 3 aromatic carbocycles. The third kappa shape index (κ3) is 7.64. The molecule has 9 nitrogen and oxygen atoms in total. The largest absolute Gasteiger partial charge is 0.489 e. The molecule has 0 aromatic heterocycles. The predicted molar refractivity (Wildman–Crippen MR) is 147 cm³/mol. The summed E-state index contributed by atoms with van der Waals surface area (Å²) in [6, 6.07) is 20.5. The first-order valence-corrected chi connectivity index (χ1v) is 11.9. The summed E-state index contributed by atoms with van der Waals surface area (Å²) in [6.45, 7) is 0.768. The van der Waals surface area contributed by atoms with Crippen LogP contribution in [0.5, 0.6) is 5.75 Å². The lowest BCUT2D eigenvalue weighted by Gasteiger charge is -2.34. The van der Waals surface area contributed by atoms with E-state index >= 15 is 0 Å². The second-order valence-corrected chi connectivity index (χ2v) is 8.78. The Hall–Kier alpha value is -4.73. The number of amidine groups is 1. The molecule has 2 amide bonds. The summed E-state index contributed by atoms with van der Waals surface area (Å²) in [5.41, 5.74) is 9.11. The van der Waals surface area contributed by atoms with Gasteiger partial charge >= 0.3 is 5.97 Å². The highest BCUT2D eigenvalue weighted by molar-refractivity contribution is 6.00. The highest BCUT2D eigenvalue weighted by Gasteiger charge is 2.35. The molecule has 0 radical (unpaired) electrons. The Labute approximate surface area is 228 Å². The predicted octanol–water partition coefficient (Wildman–Crippen LogP) is 3.50. The number of hydrogen-bond acceptors (Lipinski definition) is 5. The lowest BCUT2D eigenvalue weighted by molar-refractivity contribution is -0.141. The summed E-state index contributed by atoms with van der Waals surface area (Å²) in [4.78, 5) is 39.1. The molecule has 1 aliphatic heterocycles. The van der Waals surface area contributed by atoms with Gasteiger partial charge in [-0.05, 0) is 41.3 Å². The molecular formula is C29H33FN4O5. The number of nitrogens with zero attached hydrogens (tertiary/aromatic N) is 1. The van der Waals surface area contributed by atoms with Gasteiger partial charge in [0.25, 0.3) is 7.36 Å². The van der Waals surface area contributed by atoms with Crippen LogP contribution in [0.25, 0.3) is 0 Å². The molecule has 1 heterocycles. The van der Waals surface area contributed by atoms with Crippen molar-refractivity contribution in [3.63, 3.8) is 0 Å². The first kappa shape index (κ1) is 28.8. The van der Waals surface area contributed by atoms with Crippen LogP contribution in [0.2, 0.25) is 0 Å². The summed E-state index contributed by atoms with van der Waals surface area (Å²) < 4.78 is 18.9. The van der Waals surface area contributed by atoms with Crippen molar-refractivity contribution in [2.45, 2.75) is 39.5 Å². The Bertz CT molecular complexity index is 1320. The first-order valence-electron chi connectivity index (χ1n) is 12.2. The van der Waals surface area contributed by atoms with E-state index in [-0.39, 0.29) is 32.3 Å². The van der Waals surface area contributed by atoms with Crippen molar-refractivity contribution in [2.75, 3.05) is 6.54 Å². The number of benzene rings is 3. The molecule has 0 saturated carbocycles. The van der Waals surface area contributed by atoms with Gasteiger partial charge in [0.2, 0.25) is 5.91 Å². The van der Waals surface area contributed by atoms with Gasteiger partial charge in [0.15, 0.2) is 0 Å². The van der Waals surface area contributed by atoms with Crippen LogP contribution in [0.1, 0.15) is 46.5 Å². The van der Waals surface area contributed by atoms with Gasteiger partial charge in [0, 0.05) is 24.2 Å². The van der Waals surface area contributed by atoms with Gasteiger partial charge in [-0.2, -0.15) is 0 Å². The van der Waals surface area contributed by atoms with Crippen LogP contribution in [-0.4, -0.2) is 47.7 Å². The number of ether oxygens (including phenoxy) is 1. The molecule has 206 valence electrons. The van der Waals surface area contributed by atoms with Crippen molar-refractivity contribution < 1.29 is 28.9 Å². The van der Waals surface area contributed by atoms with E-state index in [1.807, 2.05) is 42.5 Å². The van der Waals surface area contributed by atoms with Crippen LogP contribution >= 0.6 is 0 Å². The molecule has 0 bridgehead atoms. The topological polar surface area (TPSA) is 146 Å². The first-order chi connectivity index (χ1) is 18.8. The maximum Gasteiger partial charge on any atom is 0.305 e. The van der Waals surface area contributed by atoms with Gasteiger partial charge in [0.05, 0.1) is 6.42 Å². The number of aliphatic carboxylic acids is 1. The zero-order valence-corrected chi connectivity index (χ0v) is 20.5. The zero-order valence-electron chi connectivity index (χ0n) is 21.5. The molecule has 0 fully saturated rings.